The summed E-state index contributed by atoms with van der Waals surface area (Å²) >= 11 is 0. The molecule has 1 atom stereocenters. The molecule has 1 N–H and O–H groups in total. The lowest BCUT2D eigenvalue weighted by atomic mass is 10.1. The zero-order chi connectivity index (χ0) is 12.8. The summed E-state index contributed by atoms with van der Waals surface area (Å²) in [5.41, 5.74) is 0.757. The molecule has 18 heavy (non-hydrogen) atoms. The predicted molar refractivity (Wildman–Crippen MR) is 70.0 cm³/mol. The standard InChI is InChI=1S/C14H21FN2O/c1-17(8-6-13-11-18-9-7-16-13)10-12-4-2-3-5-14(12)15/h2-5,13,16H,6-11H2,1H3. The minimum absolute atomic E-state index is 0.122. The van der Waals surface area contributed by atoms with Crippen LogP contribution in [0.2, 0.25) is 0 Å². The molecular formula is C14H21FN2O. The number of nitrogens with zero attached hydrogens (tertiary/aromatic N) is 1. The molecule has 1 saturated heterocycles. The van der Waals surface area contributed by atoms with Crippen LogP contribution in [-0.2, 0) is 11.3 Å². The lowest BCUT2D eigenvalue weighted by Crippen LogP contribution is -2.42. The maximum Gasteiger partial charge on any atom is 0.127 e. The van der Waals surface area contributed by atoms with Crippen molar-refractivity contribution in [1.29, 1.82) is 0 Å². The van der Waals surface area contributed by atoms with Crippen molar-refractivity contribution in [2.45, 2.75) is 19.0 Å². The van der Waals surface area contributed by atoms with Gasteiger partial charge in [-0.15, -0.1) is 0 Å². The molecule has 0 aromatic heterocycles. The highest BCUT2D eigenvalue weighted by atomic mass is 19.1. The topological polar surface area (TPSA) is 24.5 Å². The van der Waals surface area contributed by atoms with Crippen LogP contribution in [0.1, 0.15) is 12.0 Å². The predicted octanol–water partition coefficient (Wildman–Crippen LogP) is 1.64. The molecule has 0 aliphatic carbocycles. The van der Waals surface area contributed by atoms with Crippen LogP contribution in [0.5, 0.6) is 0 Å². The number of morpholine rings is 1. The van der Waals surface area contributed by atoms with Crippen LogP contribution in [0.25, 0.3) is 0 Å². The number of benzene rings is 1. The molecule has 1 aliphatic heterocycles. The van der Waals surface area contributed by atoms with E-state index in [-0.39, 0.29) is 5.82 Å². The molecule has 1 aromatic rings. The number of halogens is 1. The lowest BCUT2D eigenvalue weighted by molar-refractivity contribution is 0.0707. The van der Waals surface area contributed by atoms with Crippen molar-refractivity contribution in [3.8, 4) is 0 Å². The monoisotopic (exact) mass is 252 g/mol. The molecule has 1 fully saturated rings. The molecule has 0 amide bonds. The van der Waals surface area contributed by atoms with Crippen LogP contribution in [0.15, 0.2) is 24.3 Å². The second-order valence-corrected chi connectivity index (χ2v) is 4.84. The Balaban J connectivity index is 1.74. The van der Waals surface area contributed by atoms with Gasteiger partial charge in [0.15, 0.2) is 0 Å². The Kier molecular flexibility index (Phi) is 5.11. The lowest BCUT2D eigenvalue weighted by Gasteiger charge is -2.26. The molecule has 2 rings (SSSR count). The smallest absolute Gasteiger partial charge is 0.127 e. The summed E-state index contributed by atoms with van der Waals surface area (Å²) in [5, 5.41) is 3.42. The third-order valence-electron chi connectivity index (χ3n) is 3.26. The molecule has 3 nitrogen and oxygen atoms in total. The summed E-state index contributed by atoms with van der Waals surface area (Å²) in [6.45, 7) is 4.12. The minimum Gasteiger partial charge on any atom is -0.379 e. The van der Waals surface area contributed by atoms with Gasteiger partial charge in [-0.3, -0.25) is 0 Å². The van der Waals surface area contributed by atoms with Crippen molar-refractivity contribution in [3.63, 3.8) is 0 Å². The van der Waals surface area contributed by atoms with Crippen molar-refractivity contribution in [1.82, 2.24) is 10.2 Å². The highest BCUT2D eigenvalue weighted by Crippen LogP contribution is 2.09. The minimum atomic E-state index is -0.122. The van der Waals surface area contributed by atoms with Crippen LogP contribution >= 0.6 is 0 Å². The van der Waals surface area contributed by atoms with Gasteiger partial charge in [0.25, 0.3) is 0 Å². The van der Waals surface area contributed by atoms with Crippen molar-refractivity contribution in [2.24, 2.45) is 0 Å². The van der Waals surface area contributed by atoms with Crippen LogP contribution in [0.4, 0.5) is 4.39 Å². The van der Waals surface area contributed by atoms with Gasteiger partial charge >= 0.3 is 0 Å². The van der Waals surface area contributed by atoms with E-state index in [1.807, 2.05) is 19.2 Å². The van der Waals surface area contributed by atoms with E-state index in [0.717, 1.165) is 38.3 Å². The fraction of sp³-hybridized carbons (Fsp3) is 0.571. The van der Waals surface area contributed by atoms with Crippen molar-refractivity contribution < 1.29 is 9.13 Å². The summed E-state index contributed by atoms with van der Waals surface area (Å²) in [6, 6.07) is 7.39. The normalized spacial score (nSPS) is 20.3. The Morgan fingerprint density at radius 1 is 1.44 bits per heavy atom. The molecule has 4 heteroatoms. The van der Waals surface area contributed by atoms with E-state index < -0.39 is 0 Å². The molecule has 0 bridgehead atoms. The molecule has 100 valence electrons. The van der Waals surface area contributed by atoms with E-state index in [1.54, 1.807) is 6.07 Å². The number of ether oxygens (including phenoxy) is 1. The fourth-order valence-electron chi connectivity index (χ4n) is 2.18. The van der Waals surface area contributed by atoms with Crippen molar-refractivity contribution >= 4 is 0 Å². The van der Waals surface area contributed by atoms with E-state index in [2.05, 4.69) is 10.2 Å². The zero-order valence-corrected chi connectivity index (χ0v) is 10.9. The first-order valence-corrected chi connectivity index (χ1v) is 6.49. The quantitative estimate of drug-likeness (QED) is 0.862. The van der Waals surface area contributed by atoms with Crippen LogP contribution < -0.4 is 5.32 Å². The average molecular weight is 252 g/mol. The first kappa shape index (κ1) is 13.5. The Morgan fingerprint density at radius 3 is 3.00 bits per heavy atom. The summed E-state index contributed by atoms with van der Waals surface area (Å²) in [5.74, 6) is -0.122. The molecule has 1 heterocycles. The third-order valence-corrected chi connectivity index (χ3v) is 3.26. The van der Waals surface area contributed by atoms with Gasteiger partial charge in [0, 0.05) is 24.7 Å². The SMILES string of the molecule is CN(CCC1COCCN1)Cc1ccccc1F. The van der Waals surface area contributed by atoms with Gasteiger partial charge in [-0.1, -0.05) is 18.2 Å². The maximum atomic E-state index is 13.5. The highest BCUT2D eigenvalue weighted by Gasteiger charge is 2.13. The summed E-state index contributed by atoms with van der Waals surface area (Å²) in [4.78, 5) is 2.15. The highest BCUT2D eigenvalue weighted by molar-refractivity contribution is 5.16. The maximum absolute atomic E-state index is 13.5. The molecule has 0 saturated carbocycles. The second-order valence-electron chi connectivity index (χ2n) is 4.84. The van der Waals surface area contributed by atoms with Gasteiger partial charge in [-0.25, -0.2) is 4.39 Å². The van der Waals surface area contributed by atoms with Gasteiger partial charge in [-0.2, -0.15) is 0 Å². The number of rotatable bonds is 5. The third kappa shape index (κ3) is 4.05. The van der Waals surface area contributed by atoms with E-state index >= 15 is 0 Å². The Morgan fingerprint density at radius 2 is 2.28 bits per heavy atom. The van der Waals surface area contributed by atoms with E-state index in [0.29, 0.717) is 12.6 Å². The average Bonchev–Trinajstić information content (AvgIpc) is 2.40. The Bertz CT molecular complexity index is 367. The van der Waals surface area contributed by atoms with Gasteiger partial charge in [0.2, 0.25) is 0 Å². The second kappa shape index (κ2) is 6.83. The molecule has 0 spiro atoms. The Hall–Kier alpha value is -0.970. The van der Waals surface area contributed by atoms with Gasteiger partial charge in [0.05, 0.1) is 13.2 Å². The van der Waals surface area contributed by atoms with Gasteiger partial charge in [0.1, 0.15) is 5.82 Å². The summed E-state index contributed by atoms with van der Waals surface area (Å²) < 4.78 is 18.9. The number of hydrogen-bond donors (Lipinski definition) is 1. The fourth-order valence-corrected chi connectivity index (χ4v) is 2.18. The summed E-state index contributed by atoms with van der Waals surface area (Å²) in [6.07, 6.45) is 1.03. The van der Waals surface area contributed by atoms with E-state index in [4.69, 9.17) is 4.74 Å². The van der Waals surface area contributed by atoms with E-state index in [9.17, 15) is 4.39 Å². The largest absolute Gasteiger partial charge is 0.379 e. The molecule has 1 aromatic carbocycles. The summed E-state index contributed by atoms with van der Waals surface area (Å²) in [7, 11) is 2.02. The molecule has 1 unspecified atom stereocenters. The molecule has 0 radical (unpaired) electrons. The van der Waals surface area contributed by atoms with Crippen LogP contribution in [0.3, 0.4) is 0 Å². The van der Waals surface area contributed by atoms with Crippen molar-refractivity contribution in [3.05, 3.63) is 35.6 Å². The van der Waals surface area contributed by atoms with E-state index in [1.165, 1.54) is 6.07 Å². The van der Waals surface area contributed by atoms with Gasteiger partial charge in [-0.05, 0) is 26.1 Å². The molecular weight excluding hydrogens is 231 g/mol. The molecule has 1 aliphatic rings. The van der Waals surface area contributed by atoms with Gasteiger partial charge < -0.3 is 15.0 Å². The van der Waals surface area contributed by atoms with Crippen LogP contribution in [-0.4, -0.2) is 44.3 Å². The first-order valence-electron chi connectivity index (χ1n) is 6.49. The number of hydrogen-bond acceptors (Lipinski definition) is 3. The zero-order valence-electron chi connectivity index (χ0n) is 10.9. The van der Waals surface area contributed by atoms with Crippen LogP contribution in [0, 0.1) is 5.82 Å². The first-order chi connectivity index (χ1) is 8.75. The van der Waals surface area contributed by atoms with Crippen molar-refractivity contribution in [2.75, 3.05) is 33.4 Å². The Labute approximate surface area is 108 Å². The number of nitrogens with one attached hydrogen (secondary N) is 1.